The number of nitrogens with zero attached hydrogens (tertiary/aromatic N) is 1. The summed E-state index contributed by atoms with van der Waals surface area (Å²) in [4.78, 5) is 27.1. The maximum atomic E-state index is 11.7. The van der Waals surface area contributed by atoms with Crippen LogP contribution < -0.4 is 5.32 Å². The van der Waals surface area contributed by atoms with Gasteiger partial charge in [0.2, 0.25) is 0 Å². The SMILES string of the molecule is Cc1ncsc1C(=O)NCCC(C)(C)C(=O)O. The molecular weight excluding hydrogens is 240 g/mol. The molecule has 2 N–H and O–H groups in total. The molecule has 0 spiro atoms. The molecule has 0 aromatic carbocycles. The van der Waals surface area contributed by atoms with Crippen molar-refractivity contribution in [3.05, 3.63) is 16.1 Å². The summed E-state index contributed by atoms with van der Waals surface area (Å²) in [6, 6.07) is 0. The molecule has 0 aliphatic carbocycles. The first-order valence-electron chi connectivity index (χ1n) is 5.26. The Bertz CT molecular complexity index is 426. The monoisotopic (exact) mass is 256 g/mol. The number of aliphatic carboxylic acids is 1. The van der Waals surface area contributed by atoms with Gasteiger partial charge in [0.05, 0.1) is 16.6 Å². The molecule has 0 atom stereocenters. The predicted molar refractivity (Wildman–Crippen MR) is 65.2 cm³/mol. The van der Waals surface area contributed by atoms with Crippen LogP contribution in [0.15, 0.2) is 5.51 Å². The van der Waals surface area contributed by atoms with Crippen LogP contribution in [-0.4, -0.2) is 28.5 Å². The highest BCUT2D eigenvalue weighted by Gasteiger charge is 2.26. The van der Waals surface area contributed by atoms with Crippen LogP contribution in [0.2, 0.25) is 0 Å². The van der Waals surface area contributed by atoms with Crippen LogP contribution in [0.5, 0.6) is 0 Å². The molecule has 0 radical (unpaired) electrons. The smallest absolute Gasteiger partial charge is 0.309 e. The van der Waals surface area contributed by atoms with Gasteiger partial charge in [0.25, 0.3) is 5.91 Å². The number of rotatable bonds is 5. The average Bonchev–Trinajstić information content (AvgIpc) is 2.63. The molecule has 17 heavy (non-hydrogen) atoms. The number of carboxylic acid groups (broad SMARTS) is 1. The van der Waals surface area contributed by atoms with Gasteiger partial charge in [0.1, 0.15) is 4.88 Å². The van der Waals surface area contributed by atoms with E-state index in [0.29, 0.717) is 23.5 Å². The summed E-state index contributed by atoms with van der Waals surface area (Å²) in [5, 5.41) is 11.6. The lowest BCUT2D eigenvalue weighted by atomic mass is 9.90. The molecular formula is C11H16N2O3S. The molecule has 94 valence electrons. The highest BCUT2D eigenvalue weighted by molar-refractivity contribution is 7.11. The summed E-state index contributed by atoms with van der Waals surface area (Å²) in [6.07, 6.45) is 0.395. The largest absolute Gasteiger partial charge is 0.481 e. The molecule has 0 bridgehead atoms. The minimum absolute atomic E-state index is 0.189. The number of aromatic nitrogens is 1. The van der Waals surface area contributed by atoms with Gasteiger partial charge in [-0.1, -0.05) is 0 Å². The summed E-state index contributed by atoms with van der Waals surface area (Å²) < 4.78 is 0. The Kier molecular flexibility index (Phi) is 4.22. The fourth-order valence-corrected chi connectivity index (χ4v) is 1.91. The standard InChI is InChI=1S/C11H16N2O3S/c1-7-8(17-6-13-7)9(14)12-5-4-11(2,3)10(15)16/h6H,4-5H2,1-3H3,(H,12,14)(H,15,16). The molecule has 1 aromatic heterocycles. The van der Waals surface area contributed by atoms with Gasteiger partial charge in [-0.05, 0) is 27.2 Å². The summed E-state index contributed by atoms with van der Waals surface area (Å²) in [5.41, 5.74) is 1.49. The van der Waals surface area contributed by atoms with E-state index in [4.69, 9.17) is 5.11 Å². The molecule has 0 aliphatic heterocycles. The molecule has 1 rings (SSSR count). The second-order valence-electron chi connectivity index (χ2n) is 4.46. The van der Waals surface area contributed by atoms with Crippen molar-refractivity contribution < 1.29 is 14.7 Å². The first-order chi connectivity index (χ1) is 7.84. The highest BCUT2D eigenvalue weighted by atomic mass is 32.1. The fraction of sp³-hybridized carbons (Fsp3) is 0.545. The Morgan fingerprint density at radius 3 is 2.65 bits per heavy atom. The molecule has 1 amide bonds. The Hall–Kier alpha value is -1.43. The molecule has 0 saturated heterocycles. The van der Waals surface area contributed by atoms with Crippen LogP contribution in [0, 0.1) is 12.3 Å². The van der Waals surface area contributed by atoms with Crippen molar-refractivity contribution in [3.63, 3.8) is 0 Å². The van der Waals surface area contributed by atoms with Crippen LogP contribution in [0.3, 0.4) is 0 Å². The van der Waals surface area contributed by atoms with E-state index in [1.165, 1.54) is 11.3 Å². The van der Waals surface area contributed by atoms with Gasteiger partial charge >= 0.3 is 5.97 Å². The van der Waals surface area contributed by atoms with Crippen molar-refractivity contribution in [1.29, 1.82) is 0 Å². The number of nitrogens with one attached hydrogen (secondary N) is 1. The van der Waals surface area contributed by atoms with Crippen LogP contribution in [0.1, 0.15) is 35.6 Å². The number of amides is 1. The van der Waals surface area contributed by atoms with Gasteiger partial charge in [0, 0.05) is 6.54 Å². The van der Waals surface area contributed by atoms with Gasteiger partial charge in [-0.2, -0.15) is 0 Å². The topological polar surface area (TPSA) is 79.3 Å². The molecule has 5 nitrogen and oxygen atoms in total. The summed E-state index contributed by atoms with van der Waals surface area (Å²) in [7, 11) is 0. The third-order valence-corrected chi connectivity index (χ3v) is 3.49. The van der Waals surface area contributed by atoms with E-state index in [-0.39, 0.29) is 5.91 Å². The Balaban J connectivity index is 2.46. The molecule has 1 aromatic rings. The van der Waals surface area contributed by atoms with E-state index in [1.54, 1.807) is 26.3 Å². The predicted octanol–water partition coefficient (Wildman–Crippen LogP) is 1.68. The van der Waals surface area contributed by atoms with E-state index in [1.807, 2.05) is 0 Å². The molecule has 6 heteroatoms. The van der Waals surface area contributed by atoms with Crippen molar-refractivity contribution >= 4 is 23.2 Å². The van der Waals surface area contributed by atoms with Crippen molar-refractivity contribution in [2.45, 2.75) is 27.2 Å². The van der Waals surface area contributed by atoms with E-state index in [0.717, 1.165) is 0 Å². The molecule has 0 fully saturated rings. The third kappa shape index (κ3) is 3.52. The van der Waals surface area contributed by atoms with Crippen LogP contribution >= 0.6 is 11.3 Å². The zero-order valence-corrected chi connectivity index (χ0v) is 10.9. The number of carbonyl (C=O) groups excluding carboxylic acids is 1. The number of hydrogen-bond acceptors (Lipinski definition) is 4. The second kappa shape index (κ2) is 5.27. The first kappa shape index (κ1) is 13.6. The van der Waals surface area contributed by atoms with Crippen molar-refractivity contribution in [3.8, 4) is 0 Å². The number of thiazole rings is 1. The van der Waals surface area contributed by atoms with Crippen molar-refractivity contribution in [1.82, 2.24) is 10.3 Å². The highest BCUT2D eigenvalue weighted by Crippen LogP contribution is 2.19. The van der Waals surface area contributed by atoms with E-state index in [9.17, 15) is 9.59 Å². The maximum Gasteiger partial charge on any atom is 0.309 e. The maximum absolute atomic E-state index is 11.7. The lowest BCUT2D eigenvalue weighted by Gasteiger charge is -2.18. The van der Waals surface area contributed by atoms with Gasteiger partial charge in [-0.3, -0.25) is 9.59 Å². The Morgan fingerprint density at radius 2 is 2.18 bits per heavy atom. The summed E-state index contributed by atoms with van der Waals surface area (Å²) in [6.45, 7) is 5.39. The van der Waals surface area contributed by atoms with Crippen LogP contribution in [0.4, 0.5) is 0 Å². The fourth-order valence-electron chi connectivity index (χ4n) is 1.20. The number of carboxylic acids is 1. The van der Waals surface area contributed by atoms with Crippen LogP contribution in [0.25, 0.3) is 0 Å². The van der Waals surface area contributed by atoms with Gasteiger partial charge in [-0.25, -0.2) is 4.98 Å². The number of hydrogen-bond donors (Lipinski definition) is 2. The minimum Gasteiger partial charge on any atom is -0.481 e. The van der Waals surface area contributed by atoms with E-state index in [2.05, 4.69) is 10.3 Å². The zero-order valence-electron chi connectivity index (χ0n) is 10.1. The molecule has 0 saturated carbocycles. The Morgan fingerprint density at radius 1 is 1.53 bits per heavy atom. The van der Waals surface area contributed by atoms with E-state index >= 15 is 0 Å². The molecule has 1 heterocycles. The lowest BCUT2D eigenvalue weighted by molar-refractivity contribution is -0.147. The molecule has 0 unspecified atom stereocenters. The second-order valence-corrected chi connectivity index (χ2v) is 5.32. The minimum atomic E-state index is -0.860. The van der Waals surface area contributed by atoms with Crippen LogP contribution in [-0.2, 0) is 4.79 Å². The summed E-state index contributed by atoms with van der Waals surface area (Å²) >= 11 is 1.28. The normalized spacial score (nSPS) is 11.2. The third-order valence-electron chi connectivity index (χ3n) is 2.57. The summed E-state index contributed by atoms with van der Waals surface area (Å²) in [5.74, 6) is -1.05. The number of aryl methyl sites for hydroxylation is 1. The quantitative estimate of drug-likeness (QED) is 0.840. The van der Waals surface area contributed by atoms with Gasteiger partial charge in [0.15, 0.2) is 0 Å². The lowest BCUT2D eigenvalue weighted by Crippen LogP contribution is -2.31. The number of carbonyl (C=O) groups is 2. The Labute approximate surface area is 104 Å². The zero-order chi connectivity index (χ0) is 13.1. The van der Waals surface area contributed by atoms with E-state index < -0.39 is 11.4 Å². The van der Waals surface area contributed by atoms with Gasteiger partial charge < -0.3 is 10.4 Å². The molecule has 0 aliphatic rings. The average molecular weight is 256 g/mol. The first-order valence-corrected chi connectivity index (χ1v) is 6.14. The van der Waals surface area contributed by atoms with Crippen molar-refractivity contribution in [2.24, 2.45) is 5.41 Å². The van der Waals surface area contributed by atoms with Gasteiger partial charge in [-0.15, -0.1) is 11.3 Å². The van der Waals surface area contributed by atoms with Crippen molar-refractivity contribution in [2.75, 3.05) is 6.54 Å².